The van der Waals surface area contributed by atoms with Gasteiger partial charge < -0.3 is 0 Å². The average Bonchev–Trinajstić information content (AvgIpc) is 1.57. The lowest BCUT2D eigenvalue weighted by Gasteiger charge is -2.35. The van der Waals surface area contributed by atoms with Crippen LogP contribution in [0.2, 0.25) is 0 Å². The Labute approximate surface area is 890 Å². The zero-order valence-corrected chi connectivity index (χ0v) is 103. The molecule has 2 fully saturated rings. The van der Waals surface area contributed by atoms with E-state index in [0.717, 1.165) is 109 Å². The number of hydrogen-bond donors (Lipinski definition) is 0. The third-order valence-corrected chi connectivity index (χ3v) is 27.6. The standard InChI is InChI=1S/C13H26.C13H20.4C12H19N.C12H24.C11H20N2.C11H18S.C11H16.C10H17NS.C4H10/c2*1-10(2)9-12-7-5-6-8-13(12)11(3)4;1-9(2)7-11-8-13-6-5-12(11)10(3)4;1-9(2)7-11-5-6-13-8-12(11)10(3)4;1-9(2)8-12-11(10(3)4)6-5-7-13-12;1-9(2)8-11-6-5-7-13-12(11)10(3)4;1-9(2)8-11-6-5-7-12(11)10(3)4;1-8(2)6-10-7-13(5)12-11(10)9(3)4;1-8(2)5-10-6-12-7-11(10)9(3)4;1-8(2)11-7-5-6-9(3)10(11)4;1-7(2)5-9-6-12-11-10(9)8(3)4;1-4(2)3/h10-13H,5-9H2,1-4H3;5-8,10-11H,9H2,1-4H3;2*5-6,8-10H,7H2,1-4H3;2*5-7,9-10H,8H2,1-4H3;9-12H,5-8H2,1-4H3;7-9H,6H2,1-5H3;6-9H,5H2,1-4H3;5-8H,1-4H3;6-8H,5H2,1-4H3;4H,1-3H3. The van der Waals surface area contributed by atoms with Gasteiger partial charge in [-0.15, -0.1) is 0 Å². The van der Waals surface area contributed by atoms with Gasteiger partial charge in [-0.3, -0.25) is 24.6 Å². The maximum Gasteiger partial charge on any atom is 0.0681 e. The molecule has 0 radical (unpaired) electrons. The summed E-state index contributed by atoms with van der Waals surface area (Å²) < 4.78 is 6.33. The average molecular weight is 1990 g/mol. The van der Waals surface area contributed by atoms with Crippen LogP contribution in [0.15, 0.2) is 138 Å². The molecule has 9 aromatic rings. The van der Waals surface area contributed by atoms with Crippen molar-refractivity contribution >= 4 is 22.9 Å². The van der Waals surface area contributed by atoms with Gasteiger partial charge in [-0.05, 0) is 375 Å². The zero-order chi connectivity index (χ0) is 108. The molecular weight excluding hydrogens is 1760 g/mol. The summed E-state index contributed by atoms with van der Waals surface area (Å²) in [5.74, 6) is 19.8. The van der Waals surface area contributed by atoms with Crippen LogP contribution in [0.4, 0.5) is 0 Å². The van der Waals surface area contributed by atoms with E-state index in [4.69, 9.17) is 0 Å². The fourth-order valence-electron chi connectivity index (χ4n) is 19.7. The molecule has 0 saturated heterocycles. The molecule has 0 N–H and O–H groups in total. The second-order valence-electron chi connectivity index (χ2n) is 50.2. The number of aromatic nitrogens is 7. The fraction of sp³-hybridized carbons (Fsp3) is 0.684. The van der Waals surface area contributed by atoms with Gasteiger partial charge in [0.25, 0.3) is 0 Å². The van der Waals surface area contributed by atoms with E-state index in [1.165, 1.54) is 172 Å². The van der Waals surface area contributed by atoms with Crippen molar-refractivity contribution in [1.82, 2.24) is 34.1 Å². The van der Waals surface area contributed by atoms with Gasteiger partial charge in [0, 0.05) is 67.2 Å². The zero-order valence-electron chi connectivity index (χ0n) is 102. The molecule has 0 amide bonds. The second-order valence-corrected chi connectivity index (χ2v) is 51.6. The molecule has 4 unspecified atom stereocenters. The first kappa shape index (κ1) is 136. The summed E-state index contributed by atoms with van der Waals surface area (Å²) in [4.78, 5) is 17.2. The van der Waals surface area contributed by atoms with Gasteiger partial charge in [0.2, 0.25) is 0 Å². The largest absolute Gasteiger partial charge is 0.275 e. The molecule has 7 aromatic heterocycles. The van der Waals surface area contributed by atoms with Crippen molar-refractivity contribution in [2.24, 2.45) is 108 Å². The minimum absolute atomic E-state index is 0.537. The number of benzene rings is 2. The summed E-state index contributed by atoms with van der Waals surface area (Å²) in [6.07, 6.45) is 36.4. The SMILES string of the molecule is CC(C)C.CC(C)CC1CCCC1C(C)C.CC(C)CC1CCCCC1C(C)C.CC(C)Cc1ccccc1C(C)C.CC(C)Cc1cccnc1C(C)C.CC(C)Cc1ccncc1C(C)C.CC(C)Cc1cn(C)nc1C(C)C.CC(C)Cc1cnccc1C(C)C.CC(C)Cc1cscc1C(C)C.CC(C)Cc1csnc1C(C)C.CC(C)Cc1ncccc1C(C)C.Cc1cccc(C(C)C)c1C. The van der Waals surface area contributed by atoms with Gasteiger partial charge in [-0.25, -0.2) is 0 Å². The van der Waals surface area contributed by atoms with Crippen molar-refractivity contribution in [1.29, 1.82) is 0 Å². The van der Waals surface area contributed by atoms with Crippen LogP contribution >= 0.6 is 22.9 Å². The molecule has 2 aliphatic carbocycles. The van der Waals surface area contributed by atoms with E-state index in [0.29, 0.717) is 76.9 Å². The molecule has 7 nitrogen and oxygen atoms in total. The molecule has 11 rings (SSSR count). The number of pyridine rings is 4. The Kier molecular flexibility index (Phi) is 71.1. The first-order chi connectivity index (χ1) is 66.3. The lowest BCUT2D eigenvalue weighted by Crippen LogP contribution is -2.25. The molecule has 0 bridgehead atoms. The van der Waals surface area contributed by atoms with Crippen molar-refractivity contribution in [2.45, 2.75) is 488 Å². The third-order valence-electron chi connectivity index (χ3n) is 26.1. The highest BCUT2D eigenvalue weighted by Crippen LogP contribution is 2.42. The first-order valence-electron chi connectivity index (χ1n) is 57.2. The van der Waals surface area contributed by atoms with Gasteiger partial charge >= 0.3 is 0 Å². The van der Waals surface area contributed by atoms with E-state index >= 15 is 0 Å². The van der Waals surface area contributed by atoms with Crippen LogP contribution in [0.5, 0.6) is 0 Å². The van der Waals surface area contributed by atoms with Gasteiger partial charge in [0.05, 0.1) is 11.4 Å². The molecule has 142 heavy (non-hydrogen) atoms. The molecule has 0 spiro atoms. The lowest BCUT2D eigenvalue weighted by molar-refractivity contribution is 0.156. The minimum atomic E-state index is 0.537. The quantitative estimate of drug-likeness (QED) is 0.0431. The van der Waals surface area contributed by atoms with Crippen molar-refractivity contribution in [3.05, 3.63) is 245 Å². The molecule has 9 heteroatoms. The topological polar surface area (TPSA) is 82.3 Å². The number of nitrogens with zero attached hydrogens (tertiary/aromatic N) is 7. The highest BCUT2D eigenvalue weighted by Gasteiger charge is 2.31. The Morgan fingerprint density at radius 3 is 1.15 bits per heavy atom. The van der Waals surface area contributed by atoms with Crippen LogP contribution < -0.4 is 0 Å². The molecule has 806 valence electrons. The second kappa shape index (κ2) is 74.5. The molecular formula is C133H227N7S2. The Morgan fingerprint density at radius 1 is 0.296 bits per heavy atom. The van der Waals surface area contributed by atoms with Gasteiger partial charge in [0.15, 0.2) is 0 Å². The maximum absolute atomic E-state index is 4.48. The Balaban J connectivity index is 0.00000153. The summed E-state index contributed by atoms with van der Waals surface area (Å²) in [6, 6.07) is 28.0. The van der Waals surface area contributed by atoms with E-state index in [1.807, 2.05) is 72.4 Å². The molecule has 4 atom stereocenters. The van der Waals surface area contributed by atoms with E-state index in [1.54, 1.807) is 22.7 Å². The number of rotatable bonds is 31. The smallest absolute Gasteiger partial charge is 0.0681 e. The summed E-state index contributed by atoms with van der Waals surface area (Å²) in [5.41, 5.74) is 26.9. The first-order valence-corrected chi connectivity index (χ1v) is 59.0. The maximum atomic E-state index is 4.48. The summed E-state index contributed by atoms with van der Waals surface area (Å²) in [5, 5.41) is 11.3. The molecule has 0 aliphatic heterocycles. The highest BCUT2D eigenvalue weighted by molar-refractivity contribution is 7.08. The molecule has 2 saturated carbocycles. The van der Waals surface area contributed by atoms with Crippen molar-refractivity contribution in [3.63, 3.8) is 0 Å². The summed E-state index contributed by atoms with van der Waals surface area (Å²) >= 11 is 3.42. The molecule has 7 heterocycles. The van der Waals surface area contributed by atoms with E-state index in [2.05, 4.69) is 444 Å². The molecule has 2 aromatic carbocycles. The Hall–Kier alpha value is -6.42. The number of aryl methyl sites for hydroxylation is 2. The lowest BCUT2D eigenvalue weighted by atomic mass is 9.71. The van der Waals surface area contributed by atoms with Crippen LogP contribution in [-0.4, -0.2) is 34.1 Å². The minimum Gasteiger partial charge on any atom is -0.275 e. The molecule has 2 aliphatic rings. The van der Waals surface area contributed by atoms with E-state index < -0.39 is 0 Å². The van der Waals surface area contributed by atoms with Gasteiger partial charge in [0.1, 0.15) is 0 Å². The third kappa shape index (κ3) is 58.9. The van der Waals surface area contributed by atoms with Gasteiger partial charge in [-0.2, -0.15) is 20.8 Å². The van der Waals surface area contributed by atoms with Crippen LogP contribution in [0.25, 0.3) is 0 Å². The van der Waals surface area contributed by atoms with Crippen LogP contribution in [0.3, 0.4) is 0 Å². The Morgan fingerprint density at radius 2 is 0.683 bits per heavy atom. The summed E-state index contributed by atoms with van der Waals surface area (Å²) in [7, 11) is 2.00. The fourth-order valence-corrected chi connectivity index (χ4v) is 21.6. The predicted molar refractivity (Wildman–Crippen MR) is 639 cm³/mol. The van der Waals surface area contributed by atoms with Gasteiger partial charge in [-0.1, -0.05) is 398 Å². The van der Waals surface area contributed by atoms with Crippen LogP contribution in [0, 0.1) is 114 Å². The number of hydrogen-bond acceptors (Lipinski definition) is 8. The number of thiophene rings is 1. The summed E-state index contributed by atoms with van der Waals surface area (Å²) in [6.45, 7) is 106. The Bertz CT molecular complexity index is 4200. The van der Waals surface area contributed by atoms with E-state index in [9.17, 15) is 0 Å². The predicted octanol–water partition coefficient (Wildman–Crippen LogP) is 41.6. The van der Waals surface area contributed by atoms with Crippen molar-refractivity contribution < 1.29 is 0 Å². The van der Waals surface area contributed by atoms with Crippen LogP contribution in [-0.2, 0) is 58.4 Å². The normalized spacial score (nSPS) is 14.5. The van der Waals surface area contributed by atoms with Crippen LogP contribution in [0.1, 0.15) is 529 Å². The monoisotopic (exact) mass is 1990 g/mol. The van der Waals surface area contributed by atoms with Crippen molar-refractivity contribution in [2.75, 3.05) is 0 Å². The van der Waals surface area contributed by atoms with Crippen molar-refractivity contribution in [3.8, 4) is 0 Å². The van der Waals surface area contributed by atoms with E-state index in [-0.39, 0.29) is 0 Å². The highest BCUT2D eigenvalue weighted by atomic mass is 32.1.